The Balaban J connectivity index is 1.71. The molecule has 4 rings (SSSR count). The van der Waals surface area contributed by atoms with E-state index in [0.717, 1.165) is 23.9 Å². The van der Waals surface area contributed by atoms with Crippen molar-refractivity contribution in [3.8, 4) is 17.3 Å². The standard InChI is InChI=1S/C19H19N3O2/c1-13-3-8-17-15(9-13)11-21(19-20-18(23)12-22(17)19)10-14-4-6-16(24-2)7-5-14/h3-9,12,23H,10-11H2,1-2H3. The van der Waals surface area contributed by atoms with Gasteiger partial charge in [0.15, 0.2) is 0 Å². The van der Waals surface area contributed by atoms with Crippen LogP contribution in [0.5, 0.6) is 11.6 Å². The third kappa shape index (κ3) is 2.48. The van der Waals surface area contributed by atoms with Crippen LogP contribution < -0.4 is 9.64 Å². The summed E-state index contributed by atoms with van der Waals surface area (Å²) in [5.41, 5.74) is 4.70. The maximum absolute atomic E-state index is 9.88. The van der Waals surface area contributed by atoms with Crippen molar-refractivity contribution in [3.05, 3.63) is 65.4 Å². The molecule has 5 heteroatoms. The molecule has 0 amide bonds. The summed E-state index contributed by atoms with van der Waals surface area (Å²) in [6.07, 6.45) is 1.67. The van der Waals surface area contributed by atoms with Crippen LogP contribution in [0.15, 0.2) is 48.7 Å². The third-order valence-corrected chi connectivity index (χ3v) is 4.35. The first kappa shape index (κ1) is 14.6. The van der Waals surface area contributed by atoms with Crippen molar-refractivity contribution >= 4 is 5.95 Å². The summed E-state index contributed by atoms with van der Waals surface area (Å²) in [7, 11) is 1.67. The van der Waals surface area contributed by atoms with Gasteiger partial charge >= 0.3 is 0 Å². The lowest BCUT2D eigenvalue weighted by Gasteiger charge is -2.30. The Hall–Kier alpha value is -2.95. The molecule has 1 aliphatic heterocycles. The minimum Gasteiger partial charge on any atom is -0.497 e. The molecule has 0 atom stereocenters. The molecule has 0 saturated carbocycles. The Morgan fingerprint density at radius 2 is 1.96 bits per heavy atom. The fraction of sp³-hybridized carbons (Fsp3) is 0.211. The molecule has 1 aromatic heterocycles. The lowest BCUT2D eigenvalue weighted by atomic mass is 10.1. The molecule has 0 fully saturated rings. The van der Waals surface area contributed by atoms with Crippen LogP contribution in [0.2, 0.25) is 0 Å². The minimum absolute atomic E-state index is 0.0400. The Morgan fingerprint density at radius 3 is 2.71 bits per heavy atom. The number of imidazole rings is 1. The van der Waals surface area contributed by atoms with Gasteiger partial charge in [0.1, 0.15) is 5.75 Å². The summed E-state index contributed by atoms with van der Waals surface area (Å²) in [5.74, 6) is 1.65. The summed E-state index contributed by atoms with van der Waals surface area (Å²) in [4.78, 5) is 6.47. The largest absolute Gasteiger partial charge is 0.497 e. The zero-order chi connectivity index (χ0) is 16.7. The average molecular weight is 321 g/mol. The van der Waals surface area contributed by atoms with E-state index in [1.54, 1.807) is 13.3 Å². The number of hydrogen-bond acceptors (Lipinski definition) is 4. The Bertz CT molecular complexity index is 884. The molecule has 0 aliphatic carbocycles. The normalized spacial score (nSPS) is 12.7. The van der Waals surface area contributed by atoms with Gasteiger partial charge in [0.2, 0.25) is 11.8 Å². The van der Waals surface area contributed by atoms with E-state index in [-0.39, 0.29) is 5.88 Å². The molecule has 2 aromatic carbocycles. The number of ether oxygens (including phenoxy) is 1. The molecule has 5 nitrogen and oxygen atoms in total. The molecule has 1 aliphatic rings. The van der Waals surface area contributed by atoms with Crippen molar-refractivity contribution in [2.75, 3.05) is 12.0 Å². The molecule has 0 spiro atoms. The zero-order valence-electron chi connectivity index (χ0n) is 13.7. The molecule has 1 N–H and O–H groups in total. The second-order valence-electron chi connectivity index (χ2n) is 6.11. The summed E-state index contributed by atoms with van der Waals surface area (Å²) in [6.45, 7) is 3.57. The highest BCUT2D eigenvalue weighted by atomic mass is 16.5. The van der Waals surface area contributed by atoms with Gasteiger partial charge in [-0.2, -0.15) is 4.98 Å². The van der Waals surface area contributed by atoms with E-state index in [2.05, 4.69) is 47.1 Å². The van der Waals surface area contributed by atoms with Gasteiger partial charge in [-0.25, -0.2) is 0 Å². The molecule has 0 radical (unpaired) electrons. The minimum atomic E-state index is 0.0400. The number of methoxy groups -OCH3 is 1. The molecule has 2 heterocycles. The zero-order valence-corrected chi connectivity index (χ0v) is 13.7. The van der Waals surface area contributed by atoms with E-state index < -0.39 is 0 Å². The van der Waals surface area contributed by atoms with Gasteiger partial charge in [0.25, 0.3) is 0 Å². The van der Waals surface area contributed by atoms with Crippen molar-refractivity contribution in [1.82, 2.24) is 9.55 Å². The van der Waals surface area contributed by atoms with Crippen LogP contribution in [0.3, 0.4) is 0 Å². The number of rotatable bonds is 3. The van der Waals surface area contributed by atoms with Crippen molar-refractivity contribution < 1.29 is 9.84 Å². The monoisotopic (exact) mass is 321 g/mol. The predicted octanol–water partition coefficient (Wildman–Crippen LogP) is 3.42. The first-order chi connectivity index (χ1) is 11.6. The number of aromatic nitrogens is 2. The lowest BCUT2D eigenvalue weighted by molar-refractivity contribution is 0.414. The van der Waals surface area contributed by atoms with Crippen LogP contribution in [0, 0.1) is 6.92 Å². The second-order valence-corrected chi connectivity index (χ2v) is 6.11. The van der Waals surface area contributed by atoms with E-state index in [0.29, 0.717) is 6.54 Å². The number of fused-ring (bicyclic) bond motifs is 3. The SMILES string of the molecule is COc1ccc(CN2Cc3cc(C)ccc3-n3cc(O)nc32)cc1. The smallest absolute Gasteiger partial charge is 0.231 e. The molecule has 0 bridgehead atoms. The van der Waals surface area contributed by atoms with Gasteiger partial charge in [-0.1, -0.05) is 29.8 Å². The Kier molecular flexibility index (Phi) is 3.41. The van der Waals surface area contributed by atoms with Gasteiger partial charge in [-0.3, -0.25) is 4.57 Å². The van der Waals surface area contributed by atoms with E-state index in [1.165, 1.54) is 16.7 Å². The van der Waals surface area contributed by atoms with Crippen molar-refractivity contribution in [3.63, 3.8) is 0 Å². The molecule has 122 valence electrons. The highest BCUT2D eigenvalue weighted by molar-refractivity contribution is 5.56. The number of aryl methyl sites for hydroxylation is 1. The van der Waals surface area contributed by atoms with E-state index in [9.17, 15) is 5.11 Å². The number of benzene rings is 2. The van der Waals surface area contributed by atoms with E-state index in [1.807, 2.05) is 16.7 Å². The topological polar surface area (TPSA) is 50.5 Å². The van der Waals surface area contributed by atoms with E-state index >= 15 is 0 Å². The van der Waals surface area contributed by atoms with Gasteiger partial charge in [-0.15, -0.1) is 0 Å². The summed E-state index contributed by atoms with van der Waals surface area (Å²) >= 11 is 0. The summed E-state index contributed by atoms with van der Waals surface area (Å²) < 4.78 is 7.17. The second kappa shape index (κ2) is 5.60. The van der Waals surface area contributed by atoms with Crippen LogP contribution in [0.4, 0.5) is 5.95 Å². The molecule has 3 aromatic rings. The van der Waals surface area contributed by atoms with Crippen LogP contribution in [-0.2, 0) is 13.1 Å². The van der Waals surface area contributed by atoms with Crippen molar-refractivity contribution in [1.29, 1.82) is 0 Å². The first-order valence-corrected chi connectivity index (χ1v) is 7.90. The lowest BCUT2D eigenvalue weighted by Crippen LogP contribution is -2.29. The van der Waals surface area contributed by atoms with Crippen LogP contribution in [0.25, 0.3) is 5.69 Å². The van der Waals surface area contributed by atoms with Gasteiger partial charge in [-0.05, 0) is 36.2 Å². The number of nitrogens with zero attached hydrogens (tertiary/aromatic N) is 3. The van der Waals surface area contributed by atoms with Gasteiger partial charge < -0.3 is 14.7 Å². The van der Waals surface area contributed by atoms with Crippen LogP contribution >= 0.6 is 0 Å². The quantitative estimate of drug-likeness (QED) is 0.803. The van der Waals surface area contributed by atoms with E-state index in [4.69, 9.17) is 4.74 Å². The molecule has 24 heavy (non-hydrogen) atoms. The summed E-state index contributed by atoms with van der Waals surface area (Å²) in [6, 6.07) is 14.4. The third-order valence-electron chi connectivity index (χ3n) is 4.35. The Morgan fingerprint density at radius 1 is 1.17 bits per heavy atom. The number of anilines is 1. The first-order valence-electron chi connectivity index (χ1n) is 7.90. The van der Waals surface area contributed by atoms with Crippen molar-refractivity contribution in [2.45, 2.75) is 20.0 Å². The van der Waals surface area contributed by atoms with Gasteiger partial charge in [0, 0.05) is 13.1 Å². The highest BCUT2D eigenvalue weighted by Crippen LogP contribution is 2.33. The average Bonchev–Trinajstić information content (AvgIpc) is 2.97. The van der Waals surface area contributed by atoms with Gasteiger partial charge in [0.05, 0.1) is 19.0 Å². The molecule has 0 saturated heterocycles. The van der Waals surface area contributed by atoms with Crippen LogP contribution in [0.1, 0.15) is 16.7 Å². The number of hydrogen-bond donors (Lipinski definition) is 1. The fourth-order valence-electron chi connectivity index (χ4n) is 3.19. The summed E-state index contributed by atoms with van der Waals surface area (Å²) in [5, 5.41) is 9.88. The maximum Gasteiger partial charge on any atom is 0.231 e. The number of aromatic hydroxyl groups is 1. The Labute approximate surface area is 140 Å². The maximum atomic E-state index is 9.88. The highest BCUT2D eigenvalue weighted by Gasteiger charge is 2.24. The molecular formula is C19H19N3O2. The molecule has 0 unspecified atom stereocenters. The van der Waals surface area contributed by atoms with Crippen molar-refractivity contribution in [2.24, 2.45) is 0 Å². The fourth-order valence-corrected chi connectivity index (χ4v) is 3.19. The predicted molar refractivity (Wildman–Crippen MR) is 92.8 cm³/mol. The molecular weight excluding hydrogens is 302 g/mol. The van der Waals surface area contributed by atoms with Crippen LogP contribution in [-0.4, -0.2) is 21.8 Å².